The molecule has 3 nitrogen and oxygen atoms in total. The number of oxazole rings is 1. The molecule has 5 heteroatoms. The average Bonchev–Trinajstić information content (AvgIpc) is 2.77. The van der Waals surface area contributed by atoms with Gasteiger partial charge in [0.2, 0.25) is 5.89 Å². The first kappa shape index (κ1) is 13.1. The summed E-state index contributed by atoms with van der Waals surface area (Å²) >= 11 is 5.98. The fourth-order valence-corrected chi connectivity index (χ4v) is 1.79. The molecule has 1 N–H and O–H groups in total. The van der Waals surface area contributed by atoms with Crippen LogP contribution >= 0.6 is 11.6 Å². The zero-order valence-corrected chi connectivity index (χ0v) is 11.0. The van der Waals surface area contributed by atoms with Crippen molar-refractivity contribution in [1.29, 1.82) is 0 Å². The van der Waals surface area contributed by atoms with Gasteiger partial charge in [-0.05, 0) is 37.6 Å². The van der Waals surface area contributed by atoms with Crippen LogP contribution in [0, 0.1) is 12.7 Å². The molecule has 0 aliphatic carbocycles. The summed E-state index contributed by atoms with van der Waals surface area (Å²) in [5, 5.41) is 3.73. The first-order valence-electron chi connectivity index (χ1n) is 5.66. The largest absolute Gasteiger partial charge is 0.444 e. The van der Waals surface area contributed by atoms with Crippen LogP contribution in [0.2, 0.25) is 5.02 Å². The van der Waals surface area contributed by atoms with Gasteiger partial charge in [0.1, 0.15) is 11.6 Å². The minimum Gasteiger partial charge on any atom is -0.444 e. The number of benzene rings is 1. The van der Waals surface area contributed by atoms with Crippen LogP contribution in [-0.2, 0) is 6.54 Å². The molecule has 0 spiro atoms. The molecule has 1 heterocycles. The van der Waals surface area contributed by atoms with Gasteiger partial charge in [0.05, 0.1) is 12.2 Å². The highest BCUT2D eigenvalue weighted by Gasteiger charge is 2.11. The molecule has 0 bridgehead atoms. The Hall–Kier alpha value is -1.39. The fourth-order valence-electron chi connectivity index (χ4n) is 1.60. The van der Waals surface area contributed by atoms with E-state index in [2.05, 4.69) is 10.3 Å². The van der Waals surface area contributed by atoms with Gasteiger partial charge in [0, 0.05) is 11.6 Å². The molecule has 2 aromatic rings. The van der Waals surface area contributed by atoms with Crippen LogP contribution in [0.15, 0.2) is 28.8 Å². The highest BCUT2D eigenvalue weighted by Crippen LogP contribution is 2.18. The molecule has 18 heavy (non-hydrogen) atoms. The molecule has 1 aromatic carbocycles. The minimum atomic E-state index is -0.296. The van der Waals surface area contributed by atoms with E-state index < -0.39 is 0 Å². The molecule has 0 saturated carbocycles. The molecule has 0 saturated heterocycles. The van der Waals surface area contributed by atoms with E-state index in [9.17, 15) is 4.39 Å². The van der Waals surface area contributed by atoms with Gasteiger partial charge in [0.25, 0.3) is 0 Å². The number of halogens is 2. The lowest BCUT2D eigenvalue weighted by Crippen LogP contribution is -2.18. The summed E-state index contributed by atoms with van der Waals surface area (Å²) in [6.45, 7) is 4.23. The predicted molar refractivity (Wildman–Crippen MR) is 67.9 cm³/mol. The average molecular weight is 269 g/mol. The monoisotopic (exact) mass is 268 g/mol. The number of rotatable bonds is 4. The Balaban J connectivity index is 2.01. The van der Waals surface area contributed by atoms with Gasteiger partial charge in [0.15, 0.2) is 0 Å². The van der Waals surface area contributed by atoms with Gasteiger partial charge >= 0.3 is 0 Å². The van der Waals surface area contributed by atoms with Crippen molar-refractivity contribution in [2.75, 3.05) is 0 Å². The van der Waals surface area contributed by atoms with Crippen molar-refractivity contribution in [2.24, 2.45) is 0 Å². The van der Waals surface area contributed by atoms with Gasteiger partial charge in [-0.2, -0.15) is 0 Å². The van der Waals surface area contributed by atoms with Crippen LogP contribution in [0.3, 0.4) is 0 Å². The summed E-state index contributed by atoms with van der Waals surface area (Å²) < 4.78 is 18.5. The Morgan fingerprint density at radius 2 is 2.28 bits per heavy atom. The predicted octanol–water partition coefficient (Wildman–Crippen LogP) is 3.63. The topological polar surface area (TPSA) is 38.1 Å². The Morgan fingerprint density at radius 1 is 1.50 bits per heavy atom. The van der Waals surface area contributed by atoms with E-state index in [1.54, 1.807) is 12.3 Å². The number of nitrogens with one attached hydrogen (secondary N) is 1. The maximum atomic E-state index is 13.1. The Morgan fingerprint density at radius 3 is 2.94 bits per heavy atom. The van der Waals surface area contributed by atoms with Crippen LogP contribution in [-0.4, -0.2) is 4.98 Å². The highest BCUT2D eigenvalue weighted by molar-refractivity contribution is 6.31. The second-order valence-corrected chi connectivity index (χ2v) is 4.55. The molecule has 2 rings (SSSR count). The molecular formula is C13H14ClFN2O. The quantitative estimate of drug-likeness (QED) is 0.920. The van der Waals surface area contributed by atoms with Crippen LogP contribution < -0.4 is 5.32 Å². The summed E-state index contributed by atoms with van der Waals surface area (Å²) in [4.78, 5) is 4.13. The van der Waals surface area contributed by atoms with E-state index in [-0.39, 0.29) is 11.9 Å². The maximum Gasteiger partial charge on any atom is 0.211 e. The fraction of sp³-hybridized carbons (Fsp3) is 0.308. The molecular weight excluding hydrogens is 255 g/mol. The molecule has 0 radical (unpaired) electrons. The third-order valence-electron chi connectivity index (χ3n) is 2.62. The molecule has 0 aliphatic rings. The molecule has 0 fully saturated rings. The third-order valence-corrected chi connectivity index (χ3v) is 2.98. The van der Waals surface area contributed by atoms with Crippen molar-refractivity contribution in [1.82, 2.24) is 10.3 Å². The lowest BCUT2D eigenvalue weighted by Gasteiger charge is -2.11. The Bertz CT molecular complexity index is 542. The van der Waals surface area contributed by atoms with Crippen molar-refractivity contribution >= 4 is 11.6 Å². The van der Waals surface area contributed by atoms with E-state index >= 15 is 0 Å². The van der Waals surface area contributed by atoms with Gasteiger partial charge in [-0.1, -0.05) is 11.6 Å². The normalized spacial score (nSPS) is 12.7. The second kappa shape index (κ2) is 5.50. The summed E-state index contributed by atoms with van der Waals surface area (Å²) in [6.07, 6.45) is 1.67. The summed E-state index contributed by atoms with van der Waals surface area (Å²) in [5.41, 5.74) is 0.715. The second-order valence-electron chi connectivity index (χ2n) is 4.15. The first-order chi connectivity index (χ1) is 8.56. The van der Waals surface area contributed by atoms with Gasteiger partial charge in [-0.3, -0.25) is 0 Å². The smallest absolute Gasteiger partial charge is 0.211 e. The van der Waals surface area contributed by atoms with E-state index in [4.69, 9.17) is 16.0 Å². The third kappa shape index (κ3) is 3.09. The van der Waals surface area contributed by atoms with Crippen molar-refractivity contribution in [3.05, 3.63) is 52.5 Å². The summed E-state index contributed by atoms with van der Waals surface area (Å²) in [7, 11) is 0. The molecule has 96 valence electrons. The molecule has 1 atom stereocenters. The minimum absolute atomic E-state index is 0.0574. The van der Waals surface area contributed by atoms with Crippen LogP contribution in [0.5, 0.6) is 0 Å². The number of hydrogen-bond donors (Lipinski definition) is 1. The summed E-state index contributed by atoms with van der Waals surface area (Å²) in [6, 6.07) is 4.25. The van der Waals surface area contributed by atoms with Crippen molar-refractivity contribution < 1.29 is 8.81 Å². The number of aryl methyl sites for hydroxylation is 1. The maximum absolute atomic E-state index is 13.1. The zero-order valence-electron chi connectivity index (χ0n) is 10.2. The lowest BCUT2D eigenvalue weighted by molar-refractivity contribution is 0.402. The van der Waals surface area contributed by atoms with Gasteiger partial charge in [-0.25, -0.2) is 9.37 Å². The lowest BCUT2D eigenvalue weighted by atomic mass is 10.2. The van der Waals surface area contributed by atoms with Crippen LogP contribution in [0.1, 0.15) is 30.2 Å². The van der Waals surface area contributed by atoms with E-state index in [1.807, 2.05) is 13.8 Å². The zero-order chi connectivity index (χ0) is 13.1. The standard InChI is InChI=1S/C13H14ClFN2O/c1-8-6-17-13(18-8)9(2)16-7-10-5-11(15)3-4-12(10)14/h3-6,9,16H,7H2,1-2H3. The molecule has 1 unspecified atom stereocenters. The number of aromatic nitrogens is 1. The van der Waals surface area contributed by atoms with E-state index in [0.29, 0.717) is 23.0 Å². The van der Waals surface area contributed by atoms with Crippen molar-refractivity contribution in [3.8, 4) is 0 Å². The van der Waals surface area contributed by atoms with Crippen molar-refractivity contribution in [3.63, 3.8) is 0 Å². The van der Waals surface area contributed by atoms with Crippen LogP contribution in [0.25, 0.3) is 0 Å². The van der Waals surface area contributed by atoms with E-state index in [1.165, 1.54) is 12.1 Å². The van der Waals surface area contributed by atoms with Crippen molar-refractivity contribution in [2.45, 2.75) is 26.4 Å². The SMILES string of the molecule is Cc1cnc(C(C)NCc2cc(F)ccc2Cl)o1. The molecule has 0 aliphatic heterocycles. The highest BCUT2D eigenvalue weighted by atomic mass is 35.5. The Labute approximate surface area is 110 Å². The van der Waals surface area contributed by atoms with Crippen LogP contribution in [0.4, 0.5) is 4.39 Å². The molecule has 1 aromatic heterocycles. The Kier molecular flexibility index (Phi) is 3.99. The number of nitrogens with zero attached hydrogens (tertiary/aromatic N) is 1. The van der Waals surface area contributed by atoms with Gasteiger partial charge < -0.3 is 9.73 Å². The first-order valence-corrected chi connectivity index (χ1v) is 6.03. The summed E-state index contributed by atoms with van der Waals surface area (Å²) in [5.74, 6) is 1.08. The van der Waals surface area contributed by atoms with E-state index in [0.717, 1.165) is 5.76 Å². The number of hydrogen-bond acceptors (Lipinski definition) is 3. The van der Waals surface area contributed by atoms with Gasteiger partial charge in [-0.15, -0.1) is 0 Å². The molecule has 0 amide bonds.